The molecule has 6 heteroatoms. The minimum atomic E-state index is -0.295. The Morgan fingerprint density at radius 1 is 1.24 bits per heavy atom. The zero-order valence-electron chi connectivity index (χ0n) is 14.6. The van der Waals surface area contributed by atoms with E-state index in [-0.39, 0.29) is 17.5 Å². The summed E-state index contributed by atoms with van der Waals surface area (Å²) < 4.78 is 2.83. The third-order valence-corrected chi connectivity index (χ3v) is 3.63. The lowest BCUT2D eigenvalue weighted by Crippen LogP contribution is -2.24. The first-order valence-electron chi connectivity index (χ1n) is 8.03. The Hall–Kier alpha value is -3.02. The van der Waals surface area contributed by atoms with E-state index in [0.29, 0.717) is 24.5 Å². The monoisotopic (exact) mass is 341 g/mol. The van der Waals surface area contributed by atoms with Crippen LogP contribution in [-0.2, 0) is 11.4 Å². The van der Waals surface area contributed by atoms with Crippen LogP contribution in [0.3, 0.4) is 0 Å². The molecule has 0 aliphatic rings. The Kier molecular flexibility index (Phi) is 6.00. The summed E-state index contributed by atoms with van der Waals surface area (Å²) in [6.45, 7) is 11.8. The van der Waals surface area contributed by atoms with E-state index in [9.17, 15) is 9.90 Å². The van der Waals surface area contributed by atoms with Gasteiger partial charge in [0.15, 0.2) is 0 Å². The van der Waals surface area contributed by atoms with Crippen LogP contribution in [-0.4, -0.2) is 27.1 Å². The number of hydrogen-bond acceptors (Lipinski definition) is 4. The smallest absolute Gasteiger partial charge is 0.336 e. The first-order chi connectivity index (χ1) is 12.0. The second-order valence-electron chi connectivity index (χ2n) is 5.79. The minimum absolute atomic E-state index is 0.00214. The normalized spacial score (nSPS) is 11.2. The molecule has 0 saturated heterocycles. The van der Waals surface area contributed by atoms with Gasteiger partial charge in [0, 0.05) is 6.54 Å². The highest BCUT2D eigenvalue weighted by Crippen LogP contribution is 2.27. The molecule has 0 bridgehead atoms. The van der Waals surface area contributed by atoms with Crippen molar-refractivity contribution in [2.45, 2.75) is 26.3 Å². The number of aromatic hydroxyl groups is 1. The average molecular weight is 341 g/mol. The van der Waals surface area contributed by atoms with Gasteiger partial charge in [-0.3, -0.25) is 4.57 Å². The largest absolute Gasteiger partial charge is 0.493 e. The molecular formula is C19H23N3O3. The van der Waals surface area contributed by atoms with Crippen molar-refractivity contribution in [3.8, 4) is 11.6 Å². The maximum absolute atomic E-state index is 12.7. The number of hydrogen-bond donors (Lipinski definition) is 1. The summed E-state index contributed by atoms with van der Waals surface area (Å²) in [6, 6.07) is 7.08. The average Bonchev–Trinajstić information content (AvgIpc) is 2.83. The van der Waals surface area contributed by atoms with Gasteiger partial charge in [-0.15, -0.1) is 6.58 Å². The van der Waals surface area contributed by atoms with Crippen molar-refractivity contribution in [3.63, 3.8) is 0 Å². The first-order valence-corrected chi connectivity index (χ1v) is 8.03. The number of allylic oxidation sites excluding steroid dienone is 1. The highest BCUT2D eigenvalue weighted by atomic mass is 16.6. The summed E-state index contributed by atoms with van der Waals surface area (Å²) in [4.78, 5) is 17.7. The van der Waals surface area contributed by atoms with E-state index >= 15 is 0 Å². The number of benzene rings is 1. The Bertz CT molecular complexity index is 827. The second kappa shape index (κ2) is 8.19. The van der Waals surface area contributed by atoms with Crippen molar-refractivity contribution in [1.29, 1.82) is 0 Å². The maximum Gasteiger partial charge on any atom is 0.336 e. The van der Waals surface area contributed by atoms with Crippen LogP contribution in [0.15, 0.2) is 59.5 Å². The van der Waals surface area contributed by atoms with Crippen molar-refractivity contribution >= 4 is 6.21 Å². The zero-order chi connectivity index (χ0) is 18.4. The molecule has 0 spiro atoms. The van der Waals surface area contributed by atoms with Gasteiger partial charge < -0.3 is 9.94 Å². The van der Waals surface area contributed by atoms with Crippen LogP contribution in [0.4, 0.5) is 0 Å². The fourth-order valence-electron chi connectivity index (χ4n) is 2.56. The maximum atomic E-state index is 12.7. The van der Waals surface area contributed by atoms with Gasteiger partial charge in [-0.2, -0.15) is 0 Å². The van der Waals surface area contributed by atoms with Crippen molar-refractivity contribution in [1.82, 2.24) is 9.13 Å². The highest BCUT2D eigenvalue weighted by molar-refractivity contribution is 5.79. The summed E-state index contributed by atoms with van der Waals surface area (Å²) in [5.74, 6) is -0.0418. The second-order valence-corrected chi connectivity index (χ2v) is 5.79. The molecule has 1 heterocycles. The van der Waals surface area contributed by atoms with Crippen LogP contribution in [0.1, 0.15) is 31.0 Å². The van der Waals surface area contributed by atoms with Gasteiger partial charge in [-0.25, -0.2) is 9.36 Å². The van der Waals surface area contributed by atoms with Crippen LogP contribution in [0.2, 0.25) is 0 Å². The summed E-state index contributed by atoms with van der Waals surface area (Å²) >= 11 is 0. The lowest BCUT2D eigenvalue weighted by atomic mass is 10.1. The number of aromatic nitrogens is 2. The molecule has 6 nitrogen and oxygen atoms in total. The molecular weight excluding hydrogens is 318 g/mol. The summed E-state index contributed by atoms with van der Waals surface area (Å²) in [5, 5.41) is 14.4. The van der Waals surface area contributed by atoms with E-state index in [2.05, 4.69) is 18.3 Å². The van der Waals surface area contributed by atoms with Gasteiger partial charge in [-0.05, 0) is 23.6 Å². The van der Waals surface area contributed by atoms with Gasteiger partial charge in [0.1, 0.15) is 6.61 Å². The predicted octanol–water partition coefficient (Wildman–Crippen LogP) is 3.19. The molecule has 1 aromatic carbocycles. The Labute approximate surface area is 147 Å². The number of imidazole rings is 1. The van der Waals surface area contributed by atoms with Crippen molar-refractivity contribution in [2.24, 2.45) is 5.16 Å². The van der Waals surface area contributed by atoms with Crippen molar-refractivity contribution in [3.05, 3.63) is 71.3 Å². The van der Waals surface area contributed by atoms with Crippen LogP contribution < -0.4 is 5.69 Å². The molecule has 132 valence electrons. The number of rotatable bonds is 8. The van der Waals surface area contributed by atoms with Crippen molar-refractivity contribution < 1.29 is 9.94 Å². The van der Waals surface area contributed by atoms with Crippen LogP contribution in [0, 0.1) is 0 Å². The minimum Gasteiger partial charge on any atom is -0.493 e. The molecule has 0 atom stereocenters. The summed E-state index contributed by atoms with van der Waals surface area (Å²) in [6.07, 6.45) is 4.81. The van der Waals surface area contributed by atoms with Crippen LogP contribution in [0.5, 0.6) is 5.88 Å². The molecule has 0 radical (unpaired) electrons. The Balaban J connectivity index is 2.40. The van der Waals surface area contributed by atoms with E-state index in [1.54, 1.807) is 42.6 Å². The fourth-order valence-corrected chi connectivity index (χ4v) is 2.56. The Morgan fingerprint density at radius 2 is 1.92 bits per heavy atom. The summed E-state index contributed by atoms with van der Waals surface area (Å²) in [7, 11) is 0. The molecule has 0 unspecified atom stereocenters. The van der Waals surface area contributed by atoms with Gasteiger partial charge >= 0.3 is 5.69 Å². The lowest BCUT2D eigenvalue weighted by Gasteiger charge is -2.08. The first kappa shape index (κ1) is 18.3. The zero-order valence-corrected chi connectivity index (χ0v) is 14.6. The molecule has 0 fully saturated rings. The van der Waals surface area contributed by atoms with Gasteiger partial charge in [0.05, 0.1) is 17.6 Å². The van der Waals surface area contributed by atoms with E-state index in [1.165, 1.54) is 9.13 Å². The highest BCUT2D eigenvalue weighted by Gasteiger charge is 2.21. The quantitative estimate of drug-likeness (QED) is 0.347. The van der Waals surface area contributed by atoms with E-state index < -0.39 is 0 Å². The van der Waals surface area contributed by atoms with Crippen molar-refractivity contribution in [2.75, 3.05) is 6.61 Å². The third-order valence-electron chi connectivity index (χ3n) is 3.63. The lowest BCUT2D eigenvalue weighted by molar-refractivity contribution is 0.176. The molecule has 1 N–H and O–H groups in total. The van der Waals surface area contributed by atoms with E-state index in [1.807, 2.05) is 13.8 Å². The number of oxime groups is 1. The molecule has 2 aromatic rings. The number of nitrogens with zero attached hydrogens (tertiary/aromatic N) is 3. The van der Waals surface area contributed by atoms with Crippen LogP contribution in [0.25, 0.3) is 5.69 Å². The standard InChI is InChI=1S/C19H23N3O3/c1-5-11-21-17(14(3)4)18(23)22(19(21)24)16-9-7-15(8-10-16)13-20-25-12-6-2/h5-10,13-14,23H,1-2,11-12H2,3-4H3. The molecule has 0 aliphatic heterocycles. The molecule has 0 aliphatic carbocycles. The Morgan fingerprint density at radius 3 is 2.48 bits per heavy atom. The topological polar surface area (TPSA) is 68.8 Å². The van der Waals surface area contributed by atoms with E-state index in [0.717, 1.165) is 5.56 Å². The molecule has 0 saturated carbocycles. The van der Waals surface area contributed by atoms with Gasteiger partial charge in [0.25, 0.3) is 0 Å². The molecule has 25 heavy (non-hydrogen) atoms. The molecule has 0 amide bonds. The molecule has 1 aromatic heterocycles. The van der Waals surface area contributed by atoms with E-state index in [4.69, 9.17) is 4.84 Å². The summed E-state index contributed by atoms with van der Waals surface area (Å²) in [5.41, 5.74) is 1.69. The molecule has 2 rings (SSSR count). The van der Waals surface area contributed by atoms with Gasteiger partial charge in [0.2, 0.25) is 5.88 Å². The van der Waals surface area contributed by atoms with Gasteiger partial charge in [-0.1, -0.05) is 49.9 Å². The SMILES string of the molecule is C=CCON=Cc1ccc(-n2c(O)c(C(C)C)n(CC=C)c2=O)cc1. The fraction of sp³-hybridized carbons (Fsp3) is 0.263. The third kappa shape index (κ3) is 3.91. The predicted molar refractivity (Wildman–Crippen MR) is 99.7 cm³/mol. The van der Waals surface area contributed by atoms with Crippen LogP contribution >= 0.6 is 0 Å².